The second kappa shape index (κ2) is 3.66. The lowest BCUT2D eigenvalue weighted by atomic mass is 10.1. The topological polar surface area (TPSA) is 62.7 Å². The van der Waals surface area contributed by atoms with Crippen molar-refractivity contribution in [1.82, 2.24) is 4.98 Å². The van der Waals surface area contributed by atoms with Crippen LogP contribution in [0.1, 0.15) is 17.6 Å². The highest BCUT2D eigenvalue weighted by Crippen LogP contribution is 2.30. The molecule has 3 nitrogen and oxygen atoms in total. The van der Waals surface area contributed by atoms with Gasteiger partial charge in [-0.1, -0.05) is 0 Å². The summed E-state index contributed by atoms with van der Waals surface area (Å²) in [5.41, 5.74) is 4.52. The Hall–Kier alpha value is -1.22. The zero-order valence-corrected chi connectivity index (χ0v) is 7.85. The molecule has 0 aliphatic heterocycles. The molecule has 0 aliphatic carbocycles. The molecule has 0 fully saturated rings. The smallest absolute Gasteiger partial charge is 0.268 e. The molecule has 1 heterocycles. The first-order valence-electron chi connectivity index (χ1n) is 3.20. The molecule has 0 amide bonds. The molecule has 0 saturated carbocycles. The van der Waals surface area contributed by atoms with Crippen LogP contribution in [0.4, 0.5) is 14.6 Å². The summed E-state index contributed by atoms with van der Waals surface area (Å²) < 4.78 is 24.9. The molecule has 68 valence electrons. The van der Waals surface area contributed by atoms with Crippen molar-refractivity contribution in [2.45, 2.75) is 6.43 Å². The van der Waals surface area contributed by atoms with E-state index in [0.29, 0.717) is 0 Å². The van der Waals surface area contributed by atoms with Crippen LogP contribution in [0.3, 0.4) is 0 Å². The fourth-order valence-electron chi connectivity index (χ4n) is 0.852. The molecule has 1 rings (SSSR count). The third-order valence-corrected chi connectivity index (χ3v) is 2.03. The number of nitrogen functional groups attached to an aromatic ring is 1. The van der Waals surface area contributed by atoms with Crippen LogP contribution in [0.5, 0.6) is 0 Å². The summed E-state index contributed by atoms with van der Waals surface area (Å²) in [6.07, 6.45) is -1.57. The van der Waals surface area contributed by atoms with Crippen LogP contribution in [-0.2, 0) is 0 Å². The van der Waals surface area contributed by atoms with Gasteiger partial charge in [-0.2, -0.15) is 5.26 Å². The van der Waals surface area contributed by atoms with Gasteiger partial charge in [0, 0.05) is 6.20 Å². The lowest BCUT2D eigenvalue weighted by molar-refractivity contribution is 0.151. The van der Waals surface area contributed by atoms with Gasteiger partial charge in [0.25, 0.3) is 6.43 Å². The molecule has 13 heavy (non-hydrogen) atoms. The molecule has 1 aromatic heterocycles. The van der Waals surface area contributed by atoms with E-state index in [0.717, 1.165) is 0 Å². The molecule has 6 heteroatoms. The fraction of sp³-hybridized carbons (Fsp3) is 0.143. The van der Waals surface area contributed by atoms with Crippen molar-refractivity contribution >= 4 is 21.7 Å². The van der Waals surface area contributed by atoms with Gasteiger partial charge in [0.1, 0.15) is 11.9 Å². The van der Waals surface area contributed by atoms with Crippen LogP contribution in [0.25, 0.3) is 0 Å². The summed E-state index contributed by atoms with van der Waals surface area (Å²) in [4.78, 5) is 3.51. The van der Waals surface area contributed by atoms with Crippen LogP contribution in [0.2, 0.25) is 0 Å². The number of aromatic nitrogens is 1. The van der Waals surface area contributed by atoms with Gasteiger partial charge in [-0.25, -0.2) is 13.8 Å². The van der Waals surface area contributed by atoms with E-state index in [1.807, 2.05) is 0 Å². The average molecular weight is 248 g/mol. The molecule has 0 unspecified atom stereocenters. The molecule has 0 bridgehead atoms. The van der Waals surface area contributed by atoms with Crippen molar-refractivity contribution in [2.24, 2.45) is 0 Å². The molecule has 0 aliphatic rings. The zero-order valence-electron chi connectivity index (χ0n) is 6.26. The Morgan fingerprint density at radius 3 is 2.62 bits per heavy atom. The highest BCUT2D eigenvalue weighted by Gasteiger charge is 2.19. The van der Waals surface area contributed by atoms with Gasteiger partial charge in [0.15, 0.2) is 0 Å². The Morgan fingerprint density at radius 2 is 2.23 bits per heavy atom. The standard InChI is InChI=1S/C7H4BrF2N3/c8-4-2-13-7(12)5(6(9)10)3(4)1-11/h2,6H,(H2,12,13). The van der Waals surface area contributed by atoms with Gasteiger partial charge in [-0.05, 0) is 15.9 Å². The Labute approximate surface area is 81.3 Å². The van der Waals surface area contributed by atoms with Crippen molar-refractivity contribution in [1.29, 1.82) is 5.26 Å². The van der Waals surface area contributed by atoms with E-state index in [1.54, 1.807) is 6.07 Å². The second-order valence-corrected chi connectivity index (χ2v) is 3.05. The maximum Gasteiger partial charge on any atom is 0.268 e. The molecule has 0 saturated heterocycles. The van der Waals surface area contributed by atoms with Gasteiger partial charge in [-0.3, -0.25) is 0 Å². The van der Waals surface area contributed by atoms with Crippen molar-refractivity contribution in [3.63, 3.8) is 0 Å². The minimum atomic E-state index is -2.79. The third-order valence-electron chi connectivity index (χ3n) is 1.43. The first-order chi connectivity index (χ1) is 6.07. The Bertz CT molecular complexity index is 373. The highest BCUT2D eigenvalue weighted by molar-refractivity contribution is 9.10. The Kier molecular flexibility index (Phi) is 2.78. The lowest BCUT2D eigenvalue weighted by Crippen LogP contribution is -2.02. The number of halogens is 3. The molecule has 0 radical (unpaired) electrons. The SMILES string of the molecule is N#Cc1c(Br)cnc(N)c1C(F)F. The Morgan fingerprint density at radius 1 is 1.62 bits per heavy atom. The van der Waals surface area contributed by atoms with Crippen molar-refractivity contribution in [2.75, 3.05) is 5.73 Å². The van der Waals surface area contributed by atoms with Crippen LogP contribution >= 0.6 is 15.9 Å². The third kappa shape index (κ3) is 1.75. The second-order valence-electron chi connectivity index (χ2n) is 2.19. The quantitative estimate of drug-likeness (QED) is 0.828. The molecular formula is C7H4BrF2N3. The molecule has 2 N–H and O–H groups in total. The maximum absolute atomic E-state index is 12.4. The maximum atomic E-state index is 12.4. The lowest BCUT2D eigenvalue weighted by Gasteiger charge is -2.06. The Balaban J connectivity index is 3.46. The summed E-state index contributed by atoms with van der Waals surface area (Å²) in [7, 11) is 0. The summed E-state index contributed by atoms with van der Waals surface area (Å²) in [6.45, 7) is 0. The predicted molar refractivity (Wildman–Crippen MR) is 46.0 cm³/mol. The number of rotatable bonds is 1. The number of alkyl halides is 2. The van der Waals surface area contributed by atoms with Crippen LogP contribution in [0, 0.1) is 11.3 Å². The monoisotopic (exact) mass is 247 g/mol. The van der Waals surface area contributed by atoms with E-state index >= 15 is 0 Å². The number of anilines is 1. The first-order valence-corrected chi connectivity index (χ1v) is 3.99. The first kappa shape index (κ1) is 9.86. The predicted octanol–water partition coefficient (Wildman–Crippen LogP) is 2.24. The normalized spacial score (nSPS) is 10.1. The highest BCUT2D eigenvalue weighted by atomic mass is 79.9. The van der Waals surface area contributed by atoms with E-state index in [4.69, 9.17) is 11.0 Å². The van der Waals surface area contributed by atoms with E-state index in [-0.39, 0.29) is 15.9 Å². The molecule has 1 aromatic rings. The van der Waals surface area contributed by atoms with E-state index in [2.05, 4.69) is 20.9 Å². The largest absolute Gasteiger partial charge is 0.383 e. The van der Waals surface area contributed by atoms with Crippen LogP contribution in [-0.4, -0.2) is 4.98 Å². The van der Waals surface area contributed by atoms with E-state index in [1.165, 1.54) is 6.20 Å². The number of nitriles is 1. The minimum Gasteiger partial charge on any atom is -0.383 e. The van der Waals surface area contributed by atoms with Gasteiger partial charge in [0.2, 0.25) is 0 Å². The number of hydrogen-bond acceptors (Lipinski definition) is 3. The van der Waals surface area contributed by atoms with Crippen LogP contribution in [0.15, 0.2) is 10.7 Å². The number of hydrogen-bond donors (Lipinski definition) is 1. The molecule has 0 atom stereocenters. The van der Waals surface area contributed by atoms with Gasteiger partial charge in [0.05, 0.1) is 15.6 Å². The van der Waals surface area contributed by atoms with Crippen LogP contribution < -0.4 is 5.73 Å². The van der Waals surface area contributed by atoms with E-state index < -0.39 is 12.0 Å². The fourth-order valence-corrected chi connectivity index (χ4v) is 1.26. The van der Waals surface area contributed by atoms with Gasteiger partial charge in [-0.15, -0.1) is 0 Å². The number of pyridine rings is 1. The van der Waals surface area contributed by atoms with Gasteiger partial charge >= 0.3 is 0 Å². The van der Waals surface area contributed by atoms with E-state index in [9.17, 15) is 8.78 Å². The van der Waals surface area contributed by atoms with Crippen molar-refractivity contribution in [3.8, 4) is 6.07 Å². The summed E-state index contributed by atoms with van der Waals surface area (Å²) in [6, 6.07) is 1.64. The molecular weight excluding hydrogens is 244 g/mol. The van der Waals surface area contributed by atoms with Crippen molar-refractivity contribution in [3.05, 3.63) is 21.8 Å². The van der Waals surface area contributed by atoms with Gasteiger partial charge < -0.3 is 5.73 Å². The minimum absolute atomic E-state index is 0.164. The summed E-state index contributed by atoms with van der Waals surface area (Å²) in [5, 5.41) is 8.58. The summed E-state index contributed by atoms with van der Waals surface area (Å²) >= 11 is 2.94. The molecule has 0 spiro atoms. The molecule has 0 aromatic carbocycles. The summed E-state index contributed by atoms with van der Waals surface area (Å²) in [5.74, 6) is -0.310. The zero-order chi connectivity index (χ0) is 10.0. The average Bonchev–Trinajstić information content (AvgIpc) is 2.07. The van der Waals surface area contributed by atoms with Crippen molar-refractivity contribution < 1.29 is 8.78 Å². The number of nitrogens with zero attached hydrogens (tertiary/aromatic N) is 2. The number of nitrogens with two attached hydrogens (primary N) is 1.